The number of carbonyl (C=O) groups excluding carboxylic acids is 2. The lowest BCUT2D eigenvalue weighted by Gasteiger charge is -2.28. The predicted octanol–water partition coefficient (Wildman–Crippen LogP) is 2.33. The summed E-state index contributed by atoms with van der Waals surface area (Å²) in [7, 11) is 4.96. The molecule has 8 heteroatoms. The van der Waals surface area contributed by atoms with Gasteiger partial charge >= 0.3 is 6.03 Å². The van der Waals surface area contributed by atoms with Gasteiger partial charge in [0, 0.05) is 32.2 Å². The fraction of sp³-hybridized carbons (Fsp3) is 0.556. The van der Waals surface area contributed by atoms with Crippen molar-refractivity contribution in [1.82, 2.24) is 15.1 Å². The maximum Gasteiger partial charge on any atom is 0.317 e. The lowest BCUT2D eigenvalue weighted by molar-refractivity contribution is -0.128. The predicted molar refractivity (Wildman–Crippen MR) is 103 cm³/mol. The summed E-state index contributed by atoms with van der Waals surface area (Å²) in [6, 6.07) is 5.46. The lowest BCUT2D eigenvalue weighted by Crippen LogP contribution is -2.42. The molecule has 26 heavy (non-hydrogen) atoms. The molecule has 2 rings (SSSR count). The summed E-state index contributed by atoms with van der Waals surface area (Å²) in [5, 5.41) is 2.68. The molecular weight excluding hydrogens is 354 g/mol. The normalized spacial score (nSPS) is 16.5. The molecule has 0 bridgehead atoms. The summed E-state index contributed by atoms with van der Waals surface area (Å²) in [6.07, 6.45) is 0.887. The molecule has 3 amide bonds. The Hall–Kier alpha value is -2.09. The van der Waals surface area contributed by atoms with Gasteiger partial charge in [0.1, 0.15) is 16.9 Å². The van der Waals surface area contributed by atoms with E-state index in [0.29, 0.717) is 25.4 Å². The molecule has 1 heterocycles. The molecule has 1 atom stereocenters. The van der Waals surface area contributed by atoms with E-state index in [1.165, 1.54) is 0 Å². The van der Waals surface area contributed by atoms with E-state index in [-0.39, 0.29) is 17.3 Å². The first kappa shape index (κ1) is 20.2. The number of carbonyl (C=O) groups is 2. The second-order valence-corrected chi connectivity index (χ2v) is 7.08. The first-order chi connectivity index (χ1) is 12.5. The standard InChI is InChI=1S/C18H27N3O4S/c1-5-8-19-18(23)20(2)9-10-21-16(22)12-26-17(21)14-11-13(24-3)6-7-15(14)25-4/h6-7,11,17H,5,8-10,12H2,1-4H3,(H,19,23)/t17-/m0/s1. The molecular formula is C18H27N3O4S. The lowest BCUT2D eigenvalue weighted by atomic mass is 10.1. The van der Waals surface area contributed by atoms with Crippen molar-refractivity contribution < 1.29 is 19.1 Å². The van der Waals surface area contributed by atoms with Gasteiger partial charge in [-0.25, -0.2) is 4.79 Å². The highest BCUT2D eigenvalue weighted by Crippen LogP contribution is 2.43. The van der Waals surface area contributed by atoms with Gasteiger partial charge in [-0.2, -0.15) is 0 Å². The molecule has 1 aliphatic heterocycles. The molecule has 0 aliphatic carbocycles. The number of hydrogen-bond donors (Lipinski definition) is 1. The number of nitrogens with zero attached hydrogens (tertiary/aromatic N) is 2. The Balaban J connectivity index is 2.10. The quantitative estimate of drug-likeness (QED) is 0.748. The van der Waals surface area contributed by atoms with Crippen LogP contribution in [-0.2, 0) is 4.79 Å². The highest BCUT2D eigenvalue weighted by molar-refractivity contribution is 8.00. The van der Waals surface area contributed by atoms with E-state index in [9.17, 15) is 9.59 Å². The Morgan fingerprint density at radius 1 is 1.38 bits per heavy atom. The number of benzene rings is 1. The van der Waals surface area contributed by atoms with Crippen molar-refractivity contribution in [2.75, 3.05) is 46.7 Å². The summed E-state index contributed by atoms with van der Waals surface area (Å²) >= 11 is 1.56. The van der Waals surface area contributed by atoms with E-state index < -0.39 is 0 Å². The van der Waals surface area contributed by atoms with Crippen LogP contribution in [0.1, 0.15) is 24.3 Å². The monoisotopic (exact) mass is 381 g/mol. The van der Waals surface area contributed by atoms with Crippen molar-refractivity contribution in [2.24, 2.45) is 0 Å². The van der Waals surface area contributed by atoms with Crippen LogP contribution >= 0.6 is 11.8 Å². The number of likely N-dealkylation sites (N-methyl/N-ethyl adjacent to an activating group) is 1. The van der Waals surface area contributed by atoms with Gasteiger partial charge in [0.25, 0.3) is 0 Å². The maximum atomic E-state index is 12.4. The van der Waals surface area contributed by atoms with Crippen LogP contribution in [0.5, 0.6) is 11.5 Å². The van der Waals surface area contributed by atoms with Crippen LogP contribution in [0, 0.1) is 0 Å². The minimum Gasteiger partial charge on any atom is -0.497 e. The SMILES string of the molecule is CCCNC(=O)N(C)CCN1C(=O)CS[C@H]1c1cc(OC)ccc1OC. The van der Waals surface area contributed by atoms with Crippen molar-refractivity contribution in [3.63, 3.8) is 0 Å². The second kappa shape index (κ2) is 9.56. The summed E-state index contributed by atoms with van der Waals surface area (Å²) in [4.78, 5) is 27.8. The number of hydrogen-bond acceptors (Lipinski definition) is 5. The van der Waals surface area contributed by atoms with Crippen LogP contribution in [-0.4, -0.2) is 68.4 Å². The molecule has 1 fully saturated rings. The van der Waals surface area contributed by atoms with E-state index >= 15 is 0 Å². The molecule has 0 aromatic heterocycles. The minimum absolute atomic E-state index is 0.0623. The highest BCUT2D eigenvalue weighted by atomic mass is 32.2. The van der Waals surface area contributed by atoms with Crippen LogP contribution < -0.4 is 14.8 Å². The van der Waals surface area contributed by atoms with Crippen LogP contribution in [0.25, 0.3) is 0 Å². The zero-order valence-corrected chi connectivity index (χ0v) is 16.6. The second-order valence-electron chi connectivity index (χ2n) is 6.01. The Morgan fingerprint density at radius 3 is 2.81 bits per heavy atom. The van der Waals surface area contributed by atoms with Gasteiger partial charge in [-0.05, 0) is 24.6 Å². The molecule has 1 aromatic rings. The van der Waals surface area contributed by atoms with Gasteiger partial charge in [-0.1, -0.05) is 6.92 Å². The van der Waals surface area contributed by atoms with Gasteiger partial charge < -0.3 is 24.6 Å². The van der Waals surface area contributed by atoms with E-state index in [0.717, 1.165) is 23.5 Å². The average Bonchev–Trinajstić information content (AvgIpc) is 3.03. The Morgan fingerprint density at radius 2 is 2.15 bits per heavy atom. The van der Waals surface area contributed by atoms with Gasteiger partial charge in [0.05, 0.1) is 20.0 Å². The molecule has 0 unspecified atom stereocenters. The molecule has 1 saturated heterocycles. The van der Waals surface area contributed by atoms with Crippen LogP contribution in [0.15, 0.2) is 18.2 Å². The first-order valence-electron chi connectivity index (χ1n) is 8.63. The number of methoxy groups -OCH3 is 2. The van der Waals surface area contributed by atoms with Gasteiger partial charge in [-0.15, -0.1) is 11.8 Å². The summed E-state index contributed by atoms with van der Waals surface area (Å²) < 4.78 is 10.8. The van der Waals surface area contributed by atoms with Crippen molar-refractivity contribution >= 4 is 23.7 Å². The topological polar surface area (TPSA) is 71.1 Å². The third-order valence-electron chi connectivity index (χ3n) is 4.22. The Kier molecular flexibility index (Phi) is 7.44. The van der Waals surface area contributed by atoms with Crippen molar-refractivity contribution in [2.45, 2.75) is 18.7 Å². The molecule has 0 spiro atoms. The molecule has 0 radical (unpaired) electrons. The first-order valence-corrected chi connectivity index (χ1v) is 9.68. The fourth-order valence-electron chi connectivity index (χ4n) is 2.71. The van der Waals surface area contributed by atoms with Crippen molar-refractivity contribution in [3.05, 3.63) is 23.8 Å². The van der Waals surface area contributed by atoms with Gasteiger partial charge in [0.15, 0.2) is 0 Å². The van der Waals surface area contributed by atoms with Crippen LogP contribution in [0.4, 0.5) is 4.79 Å². The summed E-state index contributed by atoms with van der Waals surface area (Å²) in [6.45, 7) is 3.58. The zero-order valence-electron chi connectivity index (χ0n) is 15.8. The van der Waals surface area contributed by atoms with Crippen molar-refractivity contribution in [1.29, 1.82) is 0 Å². The zero-order chi connectivity index (χ0) is 19.1. The highest BCUT2D eigenvalue weighted by Gasteiger charge is 2.34. The number of urea groups is 1. The number of nitrogens with one attached hydrogen (secondary N) is 1. The Labute approximate surface area is 159 Å². The third-order valence-corrected chi connectivity index (χ3v) is 5.46. The largest absolute Gasteiger partial charge is 0.497 e. The smallest absolute Gasteiger partial charge is 0.317 e. The van der Waals surface area contributed by atoms with E-state index in [1.54, 1.807) is 42.8 Å². The van der Waals surface area contributed by atoms with Crippen molar-refractivity contribution in [3.8, 4) is 11.5 Å². The number of thioether (sulfide) groups is 1. The molecule has 7 nitrogen and oxygen atoms in total. The molecule has 0 saturated carbocycles. The van der Waals surface area contributed by atoms with E-state index in [2.05, 4.69) is 5.32 Å². The summed E-state index contributed by atoms with van der Waals surface area (Å²) in [5.74, 6) is 1.91. The third kappa shape index (κ3) is 4.75. The molecule has 144 valence electrons. The van der Waals surface area contributed by atoms with Crippen LogP contribution in [0.2, 0.25) is 0 Å². The average molecular weight is 381 g/mol. The molecule has 1 aliphatic rings. The van der Waals surface area contributed by atoms with E-state index in [1.807, 2.05) is 25.1 Å². The maximum absolute atomic E-state index is 12.4. The number of amides is 3. The molecule has 1 aromatic carbocycles. The fourth-order valence-corrected chi connectivity index (χ4v) is 3.95. The van der Waals surface area contributed by atoms with Gasteiger partial charge in [0.2, 0.25) is 5.91 Å². The Bertz CT molecular complexity index is 641. The number of rotatable bonds is 8. The molecule has 1 N–H and O–H groups in total. The van der Waals surface area contributed by atoms with E-state index in [4.69, 9.17) is 9.47 Å². The van der Waals surface area contributed by atoms with Crippen LogP contribution in [0.3, 0.4) is 0 Å². The minimum atomic E-state index is -0.153. The van der Waals surface area contributed by atoms with Gasteiger partial charge in [-0.3, -0.25) is 4.79 Å². The number of ether oxygens (including phenoxy) is 2. The summed E-state index contributed by atoms with van der Waals surface area (Å²) in [5.41, 5.74) is 0.904.